The van der Waals surface area contributed by atoms with Crippen LogP contribution in [0.4, 0.5) is 0 Å². The van der Waals surface area contributed by atoms with Crippen molar-refractivity contribution in [2.75, 3.05) is 13.1 Å². The molecular weight excluding hydrogens is 352 g/mol. The first-order valence-electron chi connectivity index (χ1n) is 5.41. The first kappa shape index (κ1) is 12.8. The van der Waals surface area contributed by atoms with Crippen molar-refractivity contribution < 1.29 is 4.79 Å². The van der Waals surface area contributed by atoms with Crippen LogP contribution in [0.15, 0.2) is 26.0 Å². The van der Waals surface area contributed by atoms with Gasteiger partial charge in [0.05, 0.1) is 4.47 Å². The highest BCUT2D eigenvalue weighted by molar-refractivity contribution is 9.11. The predicted octanol–water partition coefficient (Wildman–Crippen LogP) is 2.00. The van der Waals surface area contributed by atoms with Crippen molar-refractivity contribution >= 4 is 37.8 Å². The Morgan fingerprint density at radius 3 is 2.59 bits per heavy atom. The fourth-order valence-electron chi connectivity index (χ4n) is 1.89. The highest BCUT2D eigenvalue weighted by Crippen LogP contribution is 2.13. The van der Waals surface area contributed by atoms with Gasteiger partial charge in [0.2, 0.25) is 5.91 Å². The average molecular weight is 364 g/mol. The fraction of sp³-hybridized carbons (Fsp3) is 0.455. The van der Waals surface area contributed by atoms with Gasteiger partial charge in [0.25, 0.3) is 5.56 Å². The summed E-state index contributed by atoms with van der Waals surface area (Å²) in [6, 6.07) is 1.68. The average Bonchev–Trinajstić information content (AvgIpc) is 2.78. The molecule has 0 aliphatic carbocycles. The predicted molar refractivity (Wildman–Crippen MR) is 71.9 cm³/mol. The smallest absolute Gasteiger partial charge is 0.265 e. The van der Waals surface area contributed by atoms with Crippen LogP contribution < -0.4 is 5.56 Å². The number of hydrogen-bond donors (Lipinski definition) is 0. The summed E-state index contributed by atoms with van der Waals surface area (Å²) in [4.78, 5) is 25.5. The molecule has 1 saturated heterocycles. The minimum Gasteiger partial charge on any atom is -0.341 e. The summed E-state index contributed by atoms with van der Waals surface area (Å²) in [5, 5.41) is 0. The molecule has 0 atom stereocenters. The van der Waals surface area contributed by atoms with Crippen molar-refractivity contribution in [3.63, 3.8) is 0 Å². The lowest BCUT2D eigenvalue weighted by atomic mass is 10.4. The number of carbonyl (C=O) groups excluding carboxylic acids is 1. The SMILES string of the molecule is O=C(Cn1cc(Br)cc(Br)c1=O)N1CCCC1. The molecule has 0 aromatic carbocycles. The topological polar surface area (TPSA) is 42.3 Å². The number of pyridine rings is 1. The van der Waals surface area contributed by atoms with Crippen LogP contribution in [0.25, 0.3) is 0 Å². The first-order chi connectivity index (χ1) is 8.08. The molecule has 2 heterocycles. The maximum atomic E-state index is 11.9. The van der Waals surface area contributed by atoms with E-state index in [1.54, 1.807) is 17.2 Å². The molecule has 0 saturated carbocycles. The van der Waals surface area contributed by atoms with Crippen LogP contribution in [-0.4, -0.2) is 28.5 Å². The number of halogens is 2. The van der Waals surface area contributed by atoms with E-state index in [0.29, 0.717) is 4.47 Å². The third-order valence-electron chi connectivity index (χ3n) is 2.77. The van der Waals surface area contributed by atoms with E-state index in [0.717, 1.165) is 30.4 Å². The highest BCUT2D eigenvalue weighted by atomic mass is 79.9. The van der Waals surface area contributed by atoms with Gasteiger partial charge < -0.3 is 9.47 Å². The Balaban J connectivity index is 2.18. The van der Waals surface area contributed by atoms with Crippen LogP contribution in [0.2, 0.25) is 0 Å². The number of amides is 1. The molecule has 17 heavy (non-hydrogen) atoms. The Bertz CT molecular complexity index is 493. The standard InChI is InChI=1S/C11H12Br2N2O2/c12-8-5-9(13)11(17)15(6-8)7-10(16)14-3-1-2-4-14/h5-6H,1-4,7H2. The molecule has 0 unspecified atom stereocenters. The van der Waals surface area contributed by atoms with Crippen LogP contribution >= 0.6 is 31.9 Å². The second kappa shape index (κ2) is 5.35. The van der Waals surface area contributed by atoms with Gasteiger partial charge in [-0.15, -0.1) is 0 Å². The quantitative estimate of drug-likeness (QED) is 0.806. The largest absolute Gasteiger partial charge is 0.341 e. The van der Waals surface area contributed by atoms with Gasteiger partial charge >= 0.3 is 0 Å². The van der Waals surface area contributed by atoms with Crippen LogP contribution in [0.5, 0.6) is 0 Å². The molecule has 1 aromatic heterocycles. The zero-order valence-electron chi connectivity index (χ0n) is 9.16. The molecular formula is C11H12Br2N2O2. The molecule has 1 fully saturated rings. The number of nitrogens with zero attached hydrogens (tertiary/aromatic N) is 2. The summed E-state index contributed by atoms with van der Waals surface area (Å²) < 4.78 is 2.66. The molecule has 1 amide bonds. The second-order valence-corrected chi connectivity index (χ2v) is 5.80. The molecule has 0 bridgehead atoms. The van der Waals surface area contributed by atoms with Crippen molar-refractivity contribution in [3.8, 4) is 0 Å². The number of hydrogen-bond acceptors (Lipinski definition) is 2. The first-order valence-corrected chi connectivity index (χ1v) is 7.00. The van der Waals surface area contributed by atoms with E-state index in [9.17, 15) is 9.59 Å². The molecule has 0 spiro atoms. The summed E-state index contributed by atoms with van der Waals surface area (Å²) in [6.07, 6.45) is 3.76. The van der Waals surface area contributed by atoms with Crippen LogP contribution in [0.1, 0.15) is 12.8 Å². The van der Waals surface area contributed by atoms with Crippen molar-refractivity contribution in [2.24, 2.45) is 0 Å². The van der Waals surface area contributed by atoms with E-state index >= 15 is 0 Å². The van der Waals surface area contributed by atoms with Gasteiger partial charge in [-0.1, -0.05) is 0 Å². The molecule has 6 heteroatoms. The van der Waals surface area contributed by atoms with E-state index < -0.39 is 0 Å². The van der Waals surface area contributed by atoms with Crippen molar-refractivity contribution in [3.05, 3.63) is 31.6 Å². The van der Waals surface area contributed by atoms with Crippen molar-refractivity contribution in [1.82, 2.24) is 9.47 Å². The maximum absolute atomic E-state index is 11.9. The lowest BCUT2D eigenvalue weighted by Crippen LogP contribution is -2.34. The number of rotatable bonds is 2. The van der Waals surface area contributed by atoms with Gasteiger partial charge in [0, 0.05) is 23.8 Å². The Kier molecular flexibility index (Phi) is 4.04. The van der Waals surface area contributed by atoms with Gasteiger partial charge in [-0.05, 0) is 50.8 Å². The van der Waals surface area contributed by atoms with Gasteiger partial charge in [-0.2, -0.15) is 0 Å². The van der Waals surface area contributed by atoms with E-state index in [1.165, 1.54) is 4.57 Å². The Hall–Kier alpha value is -0.620. The van der Waals surface area contributed by atoms with Gasteiger partial charge in [-0.25, -0.2) is 0 Å². The summed E-state index contributed by atoms with van der Waals surface area (Å²) in [7, 11) is 0. The Morgan fingerprint density at radius 2 is 1.94 bits per heavy atom. The van der Waals surface area contributed by atoms with Gasteiger partial charge in [-0.3, -0.25) is 9.59 Å². The zero-order chi connectivity index (χ0) is 12.4. The minimum atomic E-state index is -0.180. The van der Waals surface area contributed by atoms with Crippen molar-refractivity contribution in [1.29, 1.82) is 0 Å². The number of carbonyl (C=O) groups is 1. The third-order valence-corrected chi connectivity index (χ3v) is 3.78. The summed E-state index contributed by atoms with van der Waals surface area (Å²) in [5.41, 5.74) is -0.180. The molecule has 1 aromatic rings. The molecule has 92 valence electrons. The molecule has 1 aliphatic rings. The van der Waals surface area contributed by atoms with Crippen LogP contribution in [-0.2, 0) is 11.3 Å². The molecule has 2 rings (SSSR count). The minimum absolute atomic E-state index is 0.00889. The van der Waals surface area contributed by atoms with Crippen molar-refractivity contribution in [2.45, 2.75) is 19.4 Å². The number of aromatic nitrogens is 1. The molecule has 0 radical (unpaired) electrons. The van der Waals surface area contributed by atoms with Gasteiger partial charge in [0.1, 0.15) is 6.54 Å². The van der Waals surface area contributed by atoms with E-state index in [-0.39, 0.29) is 18.0 Å². The zero-order valence-corrected chi connectivity index (χ0v) is 12.3. The fourth-order valence-corrected chi connectivity index (χ4v) is 3.15. The van der Waals surface area contributed by atoms with Crippen LogP contribution in [0.3, 0.4) is 0 Å². The van der Waals surface area contributed by atoms with E-state index in [4.69, 9.17) is 0 Å². The monoisotopic (exact) mass is 362 g/mol. The summed E-state index contributed by atoms with van der Waals surface area (Å²) in [6.45, 7) is 1.72. The third kappa shape index (κ3) is 2.98. The van der Waals surface area contributed by atoms with E-state index in [1.807, 2.05) is 0 Å². The summed E-state index contributed by atoms with van der Waals surface area (Å²) >= 11 is 6.49. The lowest BCUT2D eigenvalue weighted by molar-refractivity contribution is -0.130. The molecule has 4 nitrogen and oxygen atoms in total. The highest BCUT2D eigenvalue weighted by Gasteiger charge is 2.18. The van der Waals surface area contributed by atoms with E-state index in [2.05, 4.69) is 31.9 Å². The number of likely N-dealkylation sites (tertiary alicyclic amines) is 1. The summed E-state index contributed by atoms with van der Waals surface area (Å²) in [5.74, 6) is 0.00889. The normalized spacial score (nSPS) is 15.3. The van der Waals surface area contributed by atoms with Gasteiger partial charge in [0.15, 0.2) is 0 Å². The van der Waals surface area contributed by atoms with Crippen LogP contribution in [0, 0.1) is 0 Å². The lowest BCUT2D eigenvalue weighted by Gasteiger charge is -2.16. The molecule has 1 aliphatic heterocycles. The molecule has 0 N–H and O–H groups in total. The second-order valence-electron chi connectivity index (χ2n) is 4.03. The maximum Gasteiger partial charge on any atom is 0.265 e. The Labute approximate surface area is 116 Å². The Morgan fingerprint density at radius 1 is 1.29 bits per heavy atom.